The first-order valence-electron chi connectivity index (χ1n) is 4.57. The summed E-state index contributed by atoms with van der Waals surface area (Å²) < 4.78 is 1.94. The molecule has 1 aliphatic heterocycles. The van der Waals surface area contributed by atoms with Gasteiger partial charge < -0.3 is 0 Å². The SMILES string of the molecule is CC1CCN(S(C)(C)[N+](=O)[O-])CC1. The summed E-state index contributed by atoms with van der Waals surface area (Å²) in [5.41, 5.74) is 0. The molecule has 0 aromatic carbocycles. The average Bonchev–Trinajstić information content (AvgIpc) is 2.04. The van der Waals surface area contributed by atoms with Crippen molar-refractivity contribution in [2.45, 2.75) is 19.8 Å². The van der Waals surface area contributed by atoms with Gasteiger partial charge in [0.25, 0.3) is 0 Å². The van der Waals surface area contributed by atoms with E-state index in [1.54, 1.807) is 12.5 Å². The molecule has 13 heavy (non-hydrogen) atoms. The minimum Gasteiger partial charge on any atom is -0.251 e. The maximum Gasteiger partial charge on any atom is 0.0850 e. The zero-order valence-electron chi connectivity index (χ0n) is 8.52. The largest absolute Gasteiger partial charge is 0.251 e. The van der Waals surface area contributed by atoms with Gasteiger partial charge in [0.05, 0.1) is 14.7 Å². The molecule has 1 saturated heterocycles. The van der Waals surface area contributed by atoms with Crippen LogP contribution in [0.25, 0.3) is 0 Å². The second-order valence-corrected chi connectivity index (χ2v) is 7.31. The van der Waals surface area contributed by atoms with Crippen molar-refractivity contribution in [2.24, 2.45) is 5.92 Å². The van der Waals surface area contributed by atoms with Gasteiger partial charge in [-0.15, -0.1) is 0 Å². The molecule has 1 aliphatic rings. The second kappa shape index (κ2) is 3.84. The van der Waals surface area contributed by atoms with Crippen molar-refractivity contribution < 1.29 is 4.33 Å². The molecule has 0 bridgehead atoms. The Bertz CT molecular complexity index is 200. The number of hydrogen-bond donors (Lipinski definition) is 0. The molecular weight excluding hydrogens is 188 g/mol. The molecule has 5 heteroatoms. The zero-order valence-corrected chi connectivity index (χ0v) is 9.34. The first-order chi connectivity index (χ1) is 5.94. The fourth-order valence-corrected chi connectivity index (χ4v) is 2.82. The van der Waals surface area contributed by atoms with E-state index in [0.29, 0.717) is 0 Å². The minimum atomic E-state index is -1.77. The number of rotatable bonds is 2. The van der Waals surface area contributed by atoms with Crippen molar-refractivity contribution in [3.63, 3.8) is 0 Å². The van der Waals surface area contributed by atoms with Crippen molar-refractivity contribution in [1.82, 2.24) is 4.31 Å². The summed E-state index contributed by atoms with van der Waals surface area (Å²) in [6.07, 6.45) is 5.74. The van der Waals surface area contributed by atoms with Gasteiger partial charge >= 0.3 is 0 Å². The van der Waals surface area contributed by atoms with Crippen LogP contribution in [0.1, 0.15) is 19.8 Å². The quantitative estimate of drug-likeness (QED) is 0.512. The van der Waals surface area contributed by atoms with Gasteiger partial charge in [0.2, 0.25) is 0 Å². The summed E-state index contributed by atoms with van der Waals surface area (Å²) in [7, 11) is -1.77. The van der Waals surface area contributed by atoms with Gasteiger partial charge in [0.1, 0.15) is 0 Å². The lowest BCUT2D eigenvalue weighted by molar-refractivity contribution is -0.302. The molecular formula is C8H18N2O2S. The van der Waals surface area contributed by atoms with E-state index in [2.05, 4.69) is 6.92 Å². The predicted molar refractivity (Wildman–Crippen MR) is 56.4 cm³/mol. The molecule has 0 atom stereocenters. The third-order valence-electron chi connectivity index (χ3n) is 2.74. The van der Waals surface area contributed by atoms with Crippen LogP contribution in [0, 0.1) is 16.0 Å². The van der Waals surface area contributed by atoms with E-state index in [0.717, 1.165) is 31.8 Å². The molecule has 0 aromatic rings. The molecule has 0 amide bonds. The molecule has 0 aromatic heterocycles. The van der Waals surface area contributed by atoms with Crippen LogP contribution in [-0.4, -0.2) is 34.2 Å². The van der Waals surface area contributed by atoms with E-state index in [-0.39, 0.29) is 4.33 Å². The van der Waals surface area contributed by atoms with Crippen LogP contribution in [0.5, 0.6) is 0 Å². The summed E-state index contributed by atoms with van der Waals surface area (Å²) >= 11 is 0. The molecule has 78 valence electrons. The van der Waals surface area contributed by atoms with Crippen molar-refractivity contribution in [3.8, 4) is 0 Å². The van der Waals surface area contributed by atoms with Crippen LogP contribution < -0.4 is 0 Å². The van der Waals surface area contributed by atoms with E-state index in [1.807, 2.05) is 4.31 Å². The third kappa shape index (κ3) is 2.34. The minimum absolute atomic E-state index is 0.108. The fourth-order valence-electron chi connectivity index (χ4n) is 1.53. The van der Waals surface area contributed by atoms with Gasteiger partial charge in [-0.05, 0) is 18.8 Å². The maximum absolute atomic E-state index is 10.8. The highest BCUT2D eigenvalue weighted by molar-refractivity contribution is 8.25. The number of piperidine rings is 1. The molecule has 1 fully saturated rings. The predicted octanol–water partition coefficient (Wildman–Crippen LogP) is 1.89. The number of nitrogens with zero attached hydrogens (tertiary/aromatic N) is 2. The monoisotopic (exact) mass is 206 g/mol. The maximum atomic E-state index is 10.8. The topological polar surface area (TPSA) is 46.4 Å². The number of hydrogen-bond acceptors (Lipinski definition) is 3. The Hall–Kier alpha value is -0.290. The molecule has 0 N–H and O–H groups in total. The summed E-state index contributed by atoms with van der Waals surface area (Å²) in [4.78, 5) is 10.8. The molecule has 4 nitrogen and oxygen atoms in total. The lowest BCUT2D eigenvalue weighted by Crippen LogP contribution is -2.37. The molecule has 0 aliphatic carbocycles. The van der Waals surface area contributed by atoms with Gasteiger partial charge in [0, 0.05) is 25.6 Å². The van der Waals surface area contributed by atoms with Crippen LogP contribution in [-0.2, 0) is 0 Å². The van der Waals surface area contributed by atoms with Gasteiger partial charge in [-0.25, -0.2) is 4.31 Å². The molecule has 1 heterocycles. The Morgan fingerprint density at radius 1 is 1.38 bits per heavy atom. The normalized spacial score (nSPS) is 23.0. The molecule has 0 saturated carbocycles. The van der Waals surface area contributed by atoms with E-state index >= 15 is 0 Å². The summed E-state index contributed by atoms with van der Waals surface area (Å²) in [6.45, 7) is 4.00. The molecule has 0 unspecified atom stereocenters. The first-order valence-corrected chi connectivity index (χ1v) is 6.94. The Balaban J connectivity index is 2.58. The molecule has 0 radical (unpaired) electrons. The zero-order chi connectivity index (χ0) is 10.1. The Kier molecular flexibility index (Phi) is 3.18. The van der Waals surface area contributed by atoms with Gasteiger partial charge in [-0.1, -0.05) is 6.92 Å². The molecule has 1 rings (SSSR count). The Morgan fingerprint density at radius 2 is 1.85 bits per heavy atom. The van der Waals surface area contributed by atoms with Crippen LogP contribution in [0.15, 0.2) is 0 Å². The van der Waals surface area contributed by atoms with Gasteiger partial charge in [-0.3, -0.25) is 10.1 Å². The lowest BCUT2D eigenvalue weighted by atomic mass is 10.0. The summed E-state index contributed by atoms with van der Waals surface area (Å²) in [5.74, 6) is 0.734. The second-order valence-electron chi connectivity index (χ2n) is 4.06. The fraction of sp³-hybridized carbons (Fsp3) is 1.00. The van der Waals surface area contributed by atoms with Crippen molar-refractivity contribution >= 4 is 10.4 Å². The van der Waals surface area contributed by atoms with Gasteiger partial charge in [0.15, 0.2) is 0 Å². The highest BCUT2D eigenvalue weighted by Crippen LogP contribution is 2.45. The molecule has 0 spiro atoms. The van der Waals surface area contributed by atoms with E-state index in [9.17, 15) is 10.1 Å². The Morgan fingerprint density at radius 3 is 2.23 bits per heavy atom. The standard InChI is InChI=1S/C8H18N2O2S/c1-8-4-6-9(7-5-8)13(2,3)10(11)12/h8H,4-7H2,1-3H3. The third-order valence-corrected chi connectivity index (χ3v) is 5.10. The highest BCUT2D eigenvalue weighted by atomic mass is 32.3. The van der Waals surface area contributed by atoms with Crippen molar-refractivity contribution in [1.29, 1.82) is 0 Å². The van der Waals surface area contributed by atoms with Crippen LogP contribution >= 0.6 is 10.4 Å². The Labute approximate surface area is 81.0 Å². The van der Waals surface area contributed by atoms with Crippen LogP contribution in [0.3, 0.4) is 0 Å². The van der Waals surface area contributed by atoms with E-state index in [4.69, 9.17) is 0 Å². The van der Waals surface area contributed by atoms with E-state index in [1.165, 1.54) is 0 Å². The van der Waals surface area contributed by atoms with Gasteiger partial charge in [-0.2, -0.15) is 0 Å². The first kappa shape index (κ1) is 10.8. The smallest absolute Gasteiger partial charge is 0.0850 e. The van der Waals surface area contributed by atoms with E-state index < -0.39 is 10.4 Å². The highest BCUT2D eigenvalue weighted by Gasteiger charge is 2.34. The van der Waals surface area contributed by atoms with Crippen LogP contribution in [0.2, 0.25) is 0 Å². The summed E-state index contributed by atoms with van der Waals surface area (Å²) in [5, 5.41) is 10.8. The average molecular weight is 206 g/mol. The van der Waals surface area contributed by atoms with Crippen molar-refractivity contribution in [2.75, 3.05) is 25.6 Å². The van der Waals surface area contributed by atoms with Crippen molar-refractivity contribution in [3.05, 3.63) is 10.1 Å². The lowest BCUT2D eigenvalue weighted by Gasteiger charge is -2.38. The number of nitro groups is 1. The van der Waals surface area contributed by atoms with Crippen LogP contribution in [0.4, 0.5) is 0 Å². The summed E-state index contributed by atoms with van der Waals surface area (Å²) in [6, 6.07) is 0.